The monoisotopic (exact) mass is 555 g/mol. The molecule has 204 valence electrons. The van der Waals surface area contributed by atoms with Gasteiger partial charge in [-0.1, -0.05) is 115 Å². The number of hydrogen-bond acceptors (Lipinski definition) is 2. The fraction of sp³-hybridized carbons (Fsp3) is 0.211. The summed E-state index contributed by atoms with van der Waals surface area (Å²) in [6, 6.07) is 54.9. The van der Waals surface area contributed by atoms with Crippen molar-refractivity contribution in [2.75, 3.05) is 6.16 Å². The van der Waals surface area contributed by atoms with Gasteiger partial charge in [0.05, 0.1) is 6.16 Å². The number of benzene rings is 5. The van der Waals surface area contributed by atoms with Gasteiger partial charge in [0.2, 0.25) is 0 Å². The van der Waals surface area contributed by atoms with Gasteiger partial charge in [-0.25, -0.2) is 0 Å². The van der Waals surface area contributed by atoms with Crippen molar-refractivity contribution in [1.82, 2.24) is 0 Å². The highest BCUT2D eigenvalue weighted by Crippen LogP contribution is 2.61. The molecule has 0 bridgehead atoms. The molecule has 3 heteroatoms. The summed E-state index contributed by atoms with van der Waals surface area (Å²) in [5.74, 6) is -0.0827. The standard InChI is InChI=1S/C38H36O2P/c1-6-16-31(17-7-1)36-37(32-18-8-2-9-19-32)40-38(39-36)27-26-30(28-38)29-41(33-20-10-3-11-21-33,34-22-12-4-13-23-34)35-24-14-5-15-25-35/h1-25,30,36-37H,26-29H2/q+1/t30-,36+,37+/m1/s1. The van der Waals surface area contributed by atoms with Crippen molar-refractivity contribution in [3.8, 4) is 0 Å². The molecule has 0 unspecified atom stereocenters. The van der Waals surface area contributed by atoms with Crippen LogP contribution in [-0.4, -0.2) is 11.9 Å². The van der Waals surface area contributed by atoms with Gasteiger partial charge in [0.1, 0.15) is 35.4 Å². The third-order valence-corrected chi connectivity index (χ3v) is 13.5. The van der Waals surface area contributed by atoms with Crippen LogP contribution in [0.15, 0.2) is 152 Å². The molecule has 5 aromatic carbocycles. The smallest absolute Gasteiger partial charge is 0.170 e. The van der Waals surface area contributed by atoms with Crippen LogP contribution < -0.4 is 15.9 Å². The van der Waals surface area contributed by atoms with Gasteiger partial charge in [-0.3, -0.25) is 0 Å². The van der Waals surface area contributed by atoms with E-state index in [1.54, 1.807) is 0 Å². The summed E-state index contributed by atoms with van der Waals surface area (Å²) in [5, 5.41) is 4.32. The summed E-state index contributed by atoms with van der Waals surface area (Å²) < 4.78 is 14.0. The molecule has 0 N–H and O–H groups in total. The van der Waals surface area contributed by atoms with Gasteiger partial charge in [-0.05, 0) is 59.9 Å². The van der Waals surface area contributed by atoms with E-state index >= 15 is 0 Å². The van der Waals surface area contributed by atoms with Crippen molar-refractivity contribution in [3.05, 3.63) is 163 Å². The predicted molar refractivity (Wildman–Crippen MR) is 171 cm³/mol. The molecule has 3 atom stereocenters. The molecule has 5 aromatic rings. The molecule has 0 amide bonds. The van der Waals surface area contributed by atoms with E-state index in [4.69, 9.17) is 9.47 Å². The molecule has 1 aliphatic carbocycles. The van der Waals surface area contributed by atoms with Gasteiger partial charge < -0.3 is 9.47 Å². The Hall–Kier alpha value is -3.55. The molecule has 1 aliphatic heterocycles. The maximum atomic E-state index is 7.01. The van der Waals surface area contributed by atoms with Crippen molar-refractivity contribution in [3.63, 3.8) is 0 Å². The second-order valence-electron chi connectivity index (χ2n) is 11.4. The van der Waals surface area contributed by atoms with E-state index in [1.165, 1.54) is 27.0 Å². The molecule has 1 saturated carbocycles. The Labute approximate surface area is 244 Å². The number of hydrogen-bond donors (Lipinski definition) is 0. The minimum atomic E-state index is -1.92. The van der Waals surface area contributed by atoms with Crippen molar-refractivity contribution < 1.29 is 9.47 Å². The second kappa shape index (κ2) is 11.4. The summed E-state index contributed by atoms with van der Waals surface area (Å²) in [4.78, 5) is 0. The van der Waals surface area contributed by atoms with E-state index in [0.717, 1.165) is 25.4 Å². The molecule has 2 nitrogen and oxygen atoms in total. The third-order valence-electron chi connectivity index (χ3n) is 8.87. The molecule has 0 aromatic heterocycles. The van der Waals surface area contributed by atoms with Crippen LogP contribution in [0.4, 0.5) is 0 Å². The first-order chi connectivity index (χ1) is 20.3. The molecular weight excluding hydrogens is 519 g/mol. The Balaban J connectivity index is 1.25. The maximum Gasteiger partial charge on any atom is 0.170 e. The average molecular weight is 556 g/mol. The zero-order valence-electron chi connectivity index (χ0n) is 23.3. The molecular formula is C38H36O2P+. The molecule has 2 aliphatic rings. The van der Waals surface area contributed by atoms with Crippen LogP contribution >= 0.6 is 7.26 Å². The summed E-state index contributed by atoms with van der Waals surface area (Å²) in [6.45, 7) is 0. The van der Waals surface area contributed by atoms with Crippen LogP contribution in [0.3, 0.4) is 0 Å². The molecule has 41 heavy (non-hydrogen) atoms. The molecule has 2 fully saturated rings. The average Bonchev–Trinajstić information content (AvgIpc) is 3.64. The zero-order valence-corrected chi connectivity index (χ0v) is 24.2. The Morgan fingerprint density at radius 2 is 0.878 bits per heavy atom. The van der Waals surface area contributed by atoms with Crippen molar-refractivity contribution in [2.45, 2.75) is 37.3 Å². The SMILES string of the molecule is c1ccc([C@@H]2OC3(CC[C@@H](C[P+](c4ccccc4)(c4ccccc4)c4ccccc4)C3)O[C@H]2c2ccccc2)cc1. The fourth-order valence-corrected chi connectivity index (χ4v) is 11.7. The lowest BCUT2D eigenvalue weighted by Gasteiger charge is -2.30. The van der Waals surface area contributed by atoms with Crippen LogP contribution in [0.1, 0.15) is 42.6 Å². The Bertz CT molecular complexity index is 1400. The Morgan fingerprint density at radius 1 is 0.512 bits per heavy atom. The molecule has 0 radical (unpaired) electrons. The van der Waals surface area contributed by atoms with Crippen molar-refractivity contribution >= 4 is 23.2 Å². The second-order valence-corrected chi connectivity index (χ2v) is 15.0. The van der Waals surface area contributed by atoms with Gasteiger partial charge in [0.25, 0.3) is 0 Å². The molecule has 1 spiro atoms. The van der Waals surface area contributed by atoms with Crippen LogP contribution in [0.5, 0.6) is 0 Å². The molecule has 1 saturated heterocycles. The normalized spacial score (nSPS) is 21.7. The van der Waals surface area contributed by atoms with Crippen molar-refractivity contribution in [1.29, 1.82) is 0 Å². The number of ether oxygens (including phenoxy) is 2. The van der Waals surface area contributed by atoms with Crippen LogP contribution in [0.2, 0.25) is 0 Å². The van der Waals surface area contributed by atoms with Gasteiger partial charge >= 0.3 is 0 Å². The Morgan fingerprint density at radius 3 is 1.27 bits per heavy atom. The minimum Gasteiger partial charge on any atom is -0.339 e. The van der Waals surface area contributed by atoms with E-state index in [2.05, 4.69) is 152 Å². The van der Waals surface area contributed by atoms with Gasteiger partial charge in [0.15, 0.2) is 5.79 Å². The van der Waals surface area contributed by atoms with Gasteiger partial charge in [-0.2, -0.15) is 0 Å². The van der Waals surface area contributed by atoms with Crippen LogP contribution in [0, 0.1) is 5.92 Å². The first-order valence-corrected chi connectivity index (χ1v) is 16.7. The Kier molecular flexibility index (Phi) is 7.31. The van der Waals surface area contributed by atoms with Crippen LogP contribution in [0.25, 0.3) is 0 Å². The van der Waals surface area contributed by atoms with Gasteiger partial charge in [-0.15, -0.1) is 0 Å². The van der Waals surface area contributed by atoms with E-state index in [-0.39, 0.29) is 12.2 Å². The van der Waals surface area contributed by atoms with Gasteiger partial charge in [0, 0.05) is 12.8 Å². The largest absolute Gasteiger partial charge is 0.339 e. The summed E-state index contributed by atoms with van der Waals surface area (Å²) in [7, 11) is -1.92. The first kappa shape index (κ1) is 26.4. The summed E-state index contributed by atoms with van der Waals surface area (Å²) in [6.07, 6.45) is 3.79. The summed E-state index contributed by atoms with van der Waals surface area (Å²) in [5.41, 5.74) is 2.36. The number of rotatable bonds is 7. The maximum absolute atomic E-state index is 7.01. The topological polar surface area (TPSA) is 18.5 Å². The quantitative estimate of drug-likeness (QED) is 0.190. The highest BCUT2D eigenvalue weighted by atomic mass is 31.2. The summed E-state index contributed by atoms with van der Waals surface area (Å²) >= 11 is 0. The van der Waals surface area contributed by atoms with Crippen molar-refractivity contribution in [2.24, 2.45) is 5.92 Å². The zero-order chi connectivity index (χ0) is 27.5. The van der Waals surface area contributed by atoms with Crippen LogP contribution in [-0.2, 0) is 9.47 Å². The lowest BCUT2D eigenvalue weighted by Crippen LogP contribution is -2.36. The molecule has 1 heterocycles. The van der Waals surface area contributed by atoms with E-state index in [9.17, 15) is 0 Å². The first-order valence-electron chi connectivity index (χ1n) is 14.8. The fourth-order valence-electron chi connectivity index (χ4n) is 7.02. The highest BCUT2D eigenvalue weighted by Gasteiger charge is 2.56. The van der Waals surface area contributed by atoms with E-state index in [1.807, 2.05) is 0 Å². The minimum absolute atomic E-state index is 0.116. The molecule has 7 rings (SSSR count). The highest BCUT2D eigenvalue weighted by molar-refractivity contribution is 7.95. The van der Waals surface area contributed by atoms with E-state index in [0.29, 0.717) is 5.92 Å². The predicted octanol–water partition coefficient (Wildman–Crippen LogP) is 8.01. The lowest BCUT2D eigenvalue weighted by atomic mass is 9.99. The lowest BCUT2D eigenvalue weighted by molar-refractivity contribution is -0.172. The van der Waals surface area contributed by atoms with E-state index < -0.39 is 13.0 Å². The third kappa shape index (κ3) is 5.06.